The summed E-state index contributed by atoms with van der Waals surface area (Å²) in [7, 11) is 0. The van der Waals surface area contributed by atoms with Gasteiger partial charge in [0.1, 0.15) is 12.2 Å². The largest absolute Gasteiger partial charge is 0.486 e. The Bertz CT molecular complexity index is 329. The molecule has 1 aliphatic rings. The summed E-state index contributed by atoms with van der Waals surface area (Å²) in [5.41, 5.74) is 0.921. The summed E-state index contributed by atoms with van der Waals surface area (Å²) in [5.74, 6) is 1.75. The number of benzene rings is 1. The molecule has 2 heteroatoms. The van der Waals surface area contributed by atoms with Gasteiger partial charge in [0.05, 0.1) is 0 Å². The monoisotopic (exact) mass is 208 g/mol. The van der Waals surface area contributed by atoms with Gasteiger partial charge in [-0.15, -0.1) is 0 Å². The minimum atomic E-state index is -0.209. The first-order chi connectivity index (χ1) is 7.08. The van der Waals surface area contributed by atoms with Crippen molar-refractivity contribution in [3.63, 3.8) is 0 Å². The smallest absolute Gasteiger partial charge is 0.165 e. The maximum Gasteiger partial charge on any atom is 0.165 e. The van der Waals surface area contributed by atoms with Gasteiger partial charge in [0.15, 0.2) is 11.5 Å². The second-order valence-electron chi connectivity index (χ2n) is 4.05. The summed E-state index contributed by atoms with van der Waals surface area (Å²) >= 11 is 0. The first kappa shape index (κ1) is 11.9. The molecule has 1 aromatic rings. The Morgan fingerprint density at radius 1 is 1.20 bits per heavy atom. The van der Waals surface area contributed by atoms with Crippen LogP contribution in [0.3, 0.4) is 0 Å². The van der Waals surface area contributed by atoms with Crippen molar-refractivity contribution in [3.8, 4) is 11.5 Å². The molecule has 1 aromatic carbocycles. The lowest BCUT2D eigenvalue weighted by atomic mass is 10.1. The van der Waals surface area contributed by atoms with Gasteiger partial charge in [0, 0.05) is 0 Å². The van der Waals surface area contributed by atoms with Crippen molar-refractivity contribution in [1.29, 1.82) is 0 Å². The molecule has 0 bridgehead atoms. The Morgan fingerprint density at radius 2 is 1.87 bits per heavy atom. The van der Waals surface area contributed by atoms with Crippen LogP contribution in [0.5, 0.6) is 11.5 Å². The third kappa shape index (κ3) is 2.65. The molecule has 84 valence electrons. The Balaban J connectivity index is 0.000000531. The van der Waals surface area contributed by atoms with E-state index in [-0.39, 0.29) is 5.60 Å². The Kier molecular flexibility index (Phi) is 3.61. The molecule has 1 heterocycles. The fourth-order valence-electron chi connectivity index (χ4n) is 1.43. The molecule has 0 aromatic heterocycles. The van der Waals surface area contributed by atoms with Gasteiger partial charge in [-0.05, 0) is 32.4 Å². The zero-order valence-electron chi connectivity index (χ0n) is 10.3. The zero-order valence-corrected chi connectivity index (χ0v) is 10.3. The number of para-hydroxylation sites is 1. The van der Waals surface area contributed by atoms with Gasteiger partial charge < -0.3 is 9.47 Å². The van der Waals surface area contributed by atoms with E-state index < -0.39 is 0 Å². The second-order valence-corrected chi connectivity index (χ2v) is 4.05. The summed E-state index contributed by atoms with van der Waals surface area (Å²) in [6, 6.07) is 5.96. The number of ether oxygens (including phenoxy) is 2. The molecule has 2 nitrogen and oxygen atoms in total. The molecular formula is C13H20O2. The van der Waals surface area contributed by atoms with E-state index in [9.17, 15) is 0 Å². The first-order valence-electron chi connectivity index (χ1n) is 5.50. The molecule has 0 N–H and O–H groups in total. The van der Waals surface area contributed by atoms with Crippen LogP contribution < -0.4 is 9.47 Å². The molecule has 0 saturated heterocycles. The third-order valence-corrected chi connectivity index (χ3v) is 2.13. The average Bonchev–Trinajstić information content (AvgIpc) is 2.22. The van der Waals surface area contributed by atoms with Crippen molar-refractivity contribution in [2.24, 2.45) is 0 Å². The summed E-state index contributed by atoms with van der Waals surface area (Å²) in [4.78, 5) is 0. The lowest BCUT2D eigenvalue weighted by molar-refractivity contribution is 0.0206. The maximum atomic E-state index is 5.83. The van der Waals surface area contributed by atoms with Crippen molar-refractivity contribution in [3.05, 3.63) is 23.8 Å². The molecule has 0 atom stereocenters. The molecular weight excluding hydrogens is 188 g/mol. The van der Waals surface area contributed by atoms with E-state index in [1.165, 1.54) is 0 Å². The second kappa shape index (κ2) is 4.56. The third-order valence-electron chi connectivity index (χ3n) is 2.13. The topological polar surface area (TPSA) is 18.5 Å². The number of rotatable bonds is 0. The summed E-state index contributed by atoms with van der Waals surface area (Å²) in [5, 5.41) is 0. The van der Waals surface area contributed by atoms with Crippen LogP contribution in [0.25, 0.3) is 0 Å². The molecule has 0 radical (unpaired) electrons. The number of aryl methyl sites for hydroxylation is 1. The van der Waals surface area contributed by atoms with E-state index in [0.29, 0.717) is 6.61 Å². The quantitative estimate of drug-likeness (QED) is 0.649. The molecule has 2 rings (SSSR count). The molecule has 0 unspecified atom stereocenters. The average molecular weight is 208 g/mol. The Hall–Kier alpha value is -1.18. The SMILES string of the molecule is CC.Cc1cccc2c1OC(C)(C)CO2. The highest BCUT2D eigenvalue weighted by Gasteiger charge is 2.28. The predicted molar refractivity (Wildman–Crippen MR) is 62.7 cm³/mol. The van der Waals surface area contributed by atoms with E-state index >= 15 is 0 Å². The van der Waals surface area contributed by atoms with E-state index in [1.807, 2.05) is 52.8 Å². The van der Waals surface area contributed by atoms with Gasteiger partial charge in [-0.3, -0.25) is 0 Å². The van der Waals surface area contributed by atoms with E-state index in [0.717, 1.165) is 17.1 Å². The van der Waals surface area contributed by atoms with Crippen molar-refractivity contribution in [2.75, 3.05) is 6.61 Å². The highest BCUT2D eigenvalue weighted by molar-refractivity contribution is 5.47. The van der Waals surface area contributed by atoms with Crippen LogP contribution in [-0.4, -0.2) is 12.2 Å². The van der Waals surface area contributed by atoms with Crippen LogP contribution >= 0.6 is 0 Å². The Morgan fingerprint density at radius 3 is 2.53 bits per heavy atom. The van der Waals surface area contributed by atoms with Crippen molar-refractivity contribution in [2.45, 2.75) is 40.2 Å². The van der Waals surface area contributed by atoms with E-state index in [4.69, 9.17) is 9.47 Å². The van der Waals surface area contributed by atoms with Gasteiger partial charge in [0.25, 0.3) is 0 Å². The van der Waals surface area contributed by atoms with Gasteiger partial charge in [-0.1, -0.05) is 26.0 Å². The lowest BCUT2D eigenvalue weighted by Crippen LogP contribution is -2.38. The summed E-state index contributed by atoms with van der Waals surface area (Å²) < 4.78 is 11.4. The van der Waals surface area contributed by atoms with Crippen molar-refractivity contribution < 1.29 is 9.47 Å². The minimum Gasteiger partial charge on any atom is -0.486 e. The molecule has 0 aliphatic carbocycles. The fraction of sp³-hybridized carbons (Fsp3) is 0.538. The molecule has 0 saturated carbocycles. The Labute approximate surface area is 92.2 Å². The standard InChI is InChI=1S/C11H14O2.C2H6/c1-8-5-4-6-9-10(8)13-11(2,3)7-12-9;1-2/h4-6H,7H2,1-3H3;1-2H3. The van der Waals surface area contributed by atoms with Crippen LogP contribution in [0.1, 0.15) is 33.3 Å². The van der Waals surface area contributed by atoms with E-state index in [1.54, 1.807) is 0 Å². The van der Waals surface area contributed by atoms with Gasteiger partial charge in [-0.2, -0.15) is 0 Å². The normalized spacial score (nSPS) is 16.3. The summed E-state index contributed by atoms with van der Waals surface area (Å²) in [6.07, 6.45) is 0. The van der Waals surface area contributed by atoms with Crippen LogP contribution in [0.2, 0.25) is 0 Å². The highest BCUT2D eigenvalue weighted by Crippen LogP contribution is 2.37. The first-order valence-corrected chi connectivity index (χ1v) is 5.50. The van der Waals surface area contributed by atoms with Crippen LogP contribution in [0.4, 0.5) is 0 Å². The molecule has 1 aliphatic heterocycles. The molecule has 0 fully saturated rings. The van der Waals surface area contributed by atoms with Crippen LogP contribution in [0, 0.1) is 6.92 Å². The van der Waals surface area contributed by atoms with Crippen LogP contribution in [-0.2, 0) is 0 Å². The number of hydrogen-bond acceptors (Lipinski definition) is 2. The number of hydrogen-bond donors (Lipinski definition) is 0. The zero-order chi connectivity index (χ0) is 11.5. The maximum absolute atomic E-state index is 5.83. The van der Waals surface area contributed by atoms with Gasteiger partial charge in [0.2, 0.25) is 0 Å². The number of fused-ring (bicyclic) bond motifs is 1. The van der Waals surface area contributed by atoms with Crippen molar-refractivity contribution >= 4 is 0 Å². The molecule has 0 spiro atoms. The summed E-state index contributed by atoms with van der Waals surface area (Å²) in [6.45, 7) is 10.7. The molecule has 0 amide bonds. The molecule has 15 heavy (non-hydrogen) atoms. The minimum absolute atomic E-state index is 0.209. The lowest BCUT2D eigenvalue weighted by Gasteiger charge is -2.33. The van der Waals surface area contributed by atoms with Gasteiger partial charge in [-0.25, -0.2) is 0 Å². The highest BCUT2D eigenvalue weighted by atomic mass is 16.6. The predicted octanol–water partition coefficient (Wildman–Crippen LogP) is 3.57. The van der Waals surface area contributed by atoms with Crippen molar-refractivity contribution in [1.82, 2.24) is 0 Å². The fourth-order valence-corrected chi connectivity index (χ4v) is 1.43. The van der Waals surface area contributed by atoms with E-state index in [2.05, 4.69) is 0 Å². The van der Waals surface area contributed by atoms with Crippen LogP contribution in [0.15, 0.2) is 18.2 Å². The van der Waals surface area contributed by atoms with Gasteiger partial charge >= 0.3 is 0 Å².